The van der Waals surface area contributed by atoms with Gasteiger partial charge in [-0.1, -0.05) is 101 Å². The van der Waals surface area contributed by atoms with Crippen molar-refractivity contribution >= 4 is 33.9 Å². The molecule has 0 fully saturated rings. The first-order chi connectivity index (χ1) is 27.2. The number of aromatic nitrogens is 1. The molecule has 0 spiro atoms. The lowest BCUT2D eigenvalue weighted by Crippen LogP contribution is -2.38. The van der Waals surface area contributed by atoms with Crippen molar-refractivity contribution in [2.75, 3.05) is 20.1 Å². The van der Waals surface area contributed by atoms with E-state index in [0.717, 1.165) is 77.4 Å². The van der Waals surface area contributed by atoms with Crippen LogP contribution in [-0.4, -0.2) is 35.9 Å². The molecule has 300 valence electrons. The molecule has 1 aliphatic carbocycles. The second kappa shape index (κ2) is 22.8. The predicted octanol–water partition coefficient (Wildman–Crippen LogP) is 13.1. The van der Waals surface area contributed by atoms with Gasteiger partial charge >= 0.3 is 0 Å². The minimum absolute atomic E-state index is 0.0424. The number of amides is 1. The standard InChI is InChI=1S/C36H46N2O2.C14H22N2/c1-6-9-10-11-17-24-38(32(8-3)28-18-13-12-14-19-28)36(39)35(26(4)7-2)37-27(5)29-22-23-34-31(25-29)30-20-15-16-21-33(30)40-34;1-5-12(3)14-6-7-16-10-13(14)8-11(2)9-15-4/h8,11,15-18,20-23,25,27,37H,6-7,9-10,12-14,19,24H2,1-5H3;6-8,10,12,15H,5,9H2,1-4H3/b17-11-,32-8-,35-26-;11-8+. The van der Waals surface area contributed by atoms with Gasteiger partial charge in [0.1, 0.15) is 11.2 Å². The molecule has 2 atom stereocenters. The molecule has 6 heteroatoms. The molecule has 6 nitrogen and oxygen atoms in total. The molecule has 1 amide bonds. The molecular formula is C50H68N4O2. The third-order valence-corrected chi connectivity index (χ3v) is 10.9. The number of benzene rings is 2. The second-order valence-electron chi connectivity index (χ2n) is 15.2. The lowest BCUT2D eigenvalue weighted by Gasteiger charge is -2.30. The summed E-state index contributed by atoms with van der Waals surface area (Å²) < 4.78 is 6.04. The number of carbonyl (C=O) groups excluding carboxylic acids is 1. The van der Waals surface area contributed by atoms with Gasteiger partial charge in [-0.05, 0) is 138 Å². The maximum Gasteiger partial charge on any atom is 0.274 e. The average molecular weight is 757 g/mol. The van der Waals surface area contributed by atoms with Crippen LogP contribution in [0.25, 0.3) is 28.0 Å². The van der Waals surface area contributed by atoms with E-state index in [1.807, 2.05) is 48.6 Å². The number of carbonyl (C=O) groups is 1. The number of hydrogen-bond donors (Lipinski definition) is 2. The van der Waals surface area contributed by atoms with Gasteiger partial charge < -0.3 is 20.0 Å². The van der Waals surface area contributed by atoms with Gasteiger partial charge in [0.2, 0.25) is 0 Å². The summed E-state index contributed by atoms with van der Waals surface area (Å²) in [4.78, 5) is 20.6. The molecule has 56 heavy (non-hydrogen) atoms. The Morgan fingerprint density at radius 3 is 2.48 bits per heavy atom. The first-order valence-electron chi connectivity index (χ1n) is 21.1. The summed E-state index contributed by atoms with van der Waals surface area (Å²) in [6.07, 6.45) is 24.8. The minimum Gasteiger partial charge on any atom is -0.456 e. The van der Waals surface area contributed by atoms with Crippen molar-refractivity contribution in [2.45, 2.75) is 125 Å². The van der Waals surface area contributed by atoms with Crippen LogP contribution >= 0.6 is 0 Å². The number of furan rings is 1. The van der Waals surface area contributed by atoms with Gasteiger partial charge in [0, 0.05) is 48.0 Å². The molecular weight excluding hydrogens is 689 g/mol. The summed E-state index contributed by atoms with van der Waals surface area (Å²) in [6, 6.07) is 16.6. The number of para-hydroxylation sites is 1. The van der Waals surface area contributed by atoms with E-state index >= 15 is 0 Å². The average Bonchev–Trinajstić information content (AvgIpc) is 3.60. The summed E-state index contributed by atoms with van der Waals surface area (Å²) in [6.45, 7) is 18.7. The maximum atomic E-state index is 14.4. The molecule has 0 aliphatic heterocycles. The smallest absolute Gasteiger partial charge is 0.274 e. The highest BCUT2D eigenvalue weighted by Crippen LogP contribution is 2.32. The van der Waals surface area contributed by atoms with Crippen molar-refractivity contribution < 1.29 is 9.21 Å². The SMILES string of the molecule is C/C=C(/C1=CCCCC1)N(C/C=C\CCCC)C(=O)/C(NC(C)c1ccc2oc3ccccc3c2c1)=C(\C)CC.CCC(C)c1ccncc1/C=C(\C)CNC. The fraction of sp³-hybridized carbons (Fsp3) is 0.440. The maximum absolute atomic E-state index is 14.4. The molecule has 0 bridgehead atoms. The van der Waals surface area contributed by atoms with E-state index in [-0.39, 0.29) is 11.9 Å². The first kappa shape index (κ1) is 44.0. The number of nitrogens with one attached hydrogen (secondary N) is 2. The topological polar surface area (TPSA) is 70.4 Å². The molecule has 2 aromatic carbocycles. The zero-order valence-corrected chi connectivity index (χ0v) is 35.8. The highest BCUT2D eigenvalue weighted by atomic mass is 16.3. The van der Waals surface area contributed by atoms with E-state index in [1.165, 1.54) is 48.0 Å². The Labute approximate surface area is 337 Å². The Morgan fingerprint density at radius 2 is 1.79 bits per heavy atom. The van der Waals surface area contributed by atoms with Crippen LogP contribution in [0.5, 0.6) is 0 Å². The third kappa shape index (κ3) is 11.9. The van der Waals surface area contributed by atoms with Crippen molar-refractivity contribution in [3.8, 4) is 0 Å². The molecule has 0 saturated carbocycles. The number of allylic oxidation sites excluding steroid dienone is 5. The highest BCUT2D eigenvalue weighted by molar-refractivity contribution is 6.05. The largest absolute Gasteiger partial charge is 0.456 e. The van der Waals surface area contributed by atoms with E-state index in [1.54, 1.807) is 0 Å². The molecule has 2 N–H and O–H groups in total. The number of rotatable bonds is 17. The van der Waals surface area contributed by atoms with Gasteiger partial charge in [0.05, 0.1) is 5.70 Å². The molecule has 4 aromatic rings. The number of likely N-dealkylation sites (N-methyl/N-ethyl adjacent to an activating group) is 1. The Hall–Kier alpha value is -4.68. The van der Waals surface area contributed by atoms with Crippen LogP contribution in [0.2, 0.25) is 0 Å². The third-order valence-electron chi connectivity index (χ3n) is 10.9. The predicted molar refractivity (Wildman–Crippen MR) is 239 cm³/mol. The summed E-state index contributed by atoms with van der Waals surface area (Å²) in [5.74, 6) is 0.636. The summed E-state index contributed by atoms with van der Waals surface area (Å²) in [5, 5.41) is 9.03. The molecule has 2 unspecified atom stereocenters. The van der Waals surface area contributed by atoms with Crippen LogP contribution < -0.4 is 10.6 Å². The molecule has 0 saturated heterocycles. The van der Waals surface area contributed by atoms with E-state index < -0.39 is 0 Å². The Bertz CT molecular complexity index is 2030. The van der Waals surface area contributed by atoms with Gasteiger partial charge in [0.25, 0.3) is 5.91 Å². The van der Waals surface area contributed by atoms with E-state index in [0.29, 0.717) is 18.2 Å². The van der Waals surface area contributed by atoms with Crippen molar-refractivity contribution in [3.05, 3.63) is 130 Å². The van der Waals surface area contributed by atoms with E-state index in [2.05, 4.69) is 126 Å². The lowest BCUT2D eigenvalue weighted by molar-refractivity contribution is -0.125. The van der Waals surface area contributed by atoms with Crippen LogP contribution in [0.4, 0.5) is 0 Å². The number of unbranched alkanes of at least 4 members (excludes halogenated alkanes) is 2. The number of hydrogen-bond acceptors (Lipinski definition) is 5. The van der Waals surface area contributed by atoms with Crippen LogP contribution in [0.15, 0.2) is 118 Å². The van der Waals surface area contributed by atoms with Crippen molar-refractivity contribution in [2.24, 2.45) is 0 Å². The lowest BCUT2D eigenvalue weighted by atomic mass is 9.94. The van der Waals surface area contributed by atoms with Crippen LogP contribution in [0.3, 0.4) is 0 Å². The molecule has 2 aromatic heterocycles. The van der Waals surface area contributed by atoms with Crippen molar-refractivity contribution in [3.63, 3.8) is 0 Å². The quantitative estimate of drug-likeness (QED) is 0.0638. The van der Waals surface area contributed by atoms with E-state index in [9.17, 15) is 4.79 Å². The summed E-state index contributed by atoms with van der Waals surface area (Å²) >= 11 is 0. The minimum atomic E-state index is -0.0524. The monoisotopic (exact) mass is 757 g/mol. The van der Waals surface area contributed by atoms with Gasteiger partial charge in [-0.3, -0.25) is 9.78 Å². The van der Waals surface area contributed by atoms with Gasteiger partial charge in [-0.25, -0.2) is 0 Å². The normalized spacial score (nSPS) is 15.3. The number of fused-ring (bicyclic) bond motifs is 3. The van der Waals surface area contributed by atoms with Crippen LogP contribution in [0.1, 0.15) is 142 Å². The first-order valence-corrected chi connectivity index (χ1v) is 21.1. The fourth-order valence-electron chi connectivity index (χ4n) is 7.29. The van der Waals surface area contributed by atoms with Crippen LogP contribution in [0, 0.1) is 0 Å². The van der Waals surface area contributed by atoms with Crippen molar-refractivity contribution in [1.82, 2.24) is 20.5 Å². The van der Waals surface area contributed by atoms with Gasteiger partial charge in [-0.15, -0.1) is 0 Å². The van der Waals surface area contributed by atoms with Gasteiger partial charge in [-0.2, -0.15) is 0 Å². The van der Waals surface area contributed by atoms with Gasteiger partial charge in [0.15, 0.2) is 0 Å². The molecule has 5 rings (SSSR count). The Balaban J connectivity index is 0.000000364. The van der Waals surface area contributed by atoms with Crippen LogP contribution in [-0.2, 0) is 4.79 Å². The highest BCUT2D eigenvalue weighted by Gasteiger charge is 2.26. The zero-order chi connectivity index (χ0) is 40.5. The fourth-order valence-corrected chi connectivity index (χ4v) is 7.29. The van der Waals surface area contributed by atoms with E-state index in [4.69, 9.17) is 4.42 Å². The number of nitrogens with zero attached hydrogens (tertiary/aromatic N) is 2. The zero-order valence-electron chi connectivity index (χ0n) is 35.8. The Morgan fingerprint density at radius 1 is 1.00 bits per heavy atom. The summed E-state index contributed by atoms with van der Waals surface area (Å²) in [7, 11) is 1.97. The molecule has 1 aliphatic rings. The molecule has 2 heterocycles. The molecule has 0 radical (unpaired) electrons. The van der Waals surface area contributed by atoms with Crippen molar-refractivity contribution in [1.29, 1.82) is 0 Å². The Kier molecular flexibility index (Phi) is 17.9. The number of pyridine rings is 1. The summed E-state index contributed by atoms with van der Waals surface area (Å²) in [5.41, 5.74) is 11.0. The second-order valence-corrected chi connectivity index (χ2v) is 15.2.